The molecule has 6 heteroatoms. The van der Waals surface area contributed by atoms with Gasteiger partial charge in [0, 0.05) is 34.7 Å². The Hall–Kier alpha value is -3.25. The lowest BCUT2D eigenvalue weighted by atomic mass is 9.98. The quantitative estimate of drug-likeness (QED) is 0.430. The van der Waals surface area contributed by atoms with Crippen molar-refractivity contribution < 1.29 is 9.53 Å². The number of aromatic nitrogens is 1. The number of carbonyl (C=O) groups excluding carboxylic acids is 1. The van der Waals surface area contributed by atoms with E-state index in [-0.39, 0.29) is 5.91 Å². The molecule has 1 saturated heterocycles. The van der Waals surface area contributed by atoms with Gasteiger partial charge < -0.3 is 10.1 Å². The standard InChI is InChI=1S/C27H24ClN3O2/c28-21-8-11-25-24(16-21)23(19-4-2-1-3-5-19)17-26(30-25)20-6-9-22(10-7-20)29-27(32)18-31-12-14-33-15-13-31/h1-11,16-17H,12-15,18H2,(H,29,32). The van der Waals surface area contributed by atoms with Crippen LogP contribution in [-0.4, -0.2) is 48.6 Å². The minimum Gasteiger partial charge on any atom is -0.379 e. The van der Waals surface area contributed by atoms with Crippen molar-refractivity contribution in [3.8, 4) is 22.4 Å². The summed E-state index contributed by atoms with van der Waals surface area (Å²) in [7, 11) is 0. The maximum Gasteiger partial charge on any atom is 0.238 e. The molecule has 0 spiro atoms. The number of hydrogen-bond acceptors (Lipinski definition) is 4. The molecule has 4 aromatic rings. The molecule has 0 bridgehead atoms. The van der Waals surface area contributed by atoms with E-state index in [4.69, 9.17) is 21.3 Å². The third kappa shape index (κ3) is 5.06. The van der Waals surface area contributed by atoms with E-state index in [1.165, 1.54) is 0 Å². The predicted octanol–water partition coefficient (Wildman–Crippen LogP) is 5.49. The molecule has 5 rings (SSSR count). The van der Waals surface area contributed by atoms with Crippen LogP contribution in [0.1, 0.15) is 0 Å². The predicted molar refractivity (Wildman–Crippen MR) is 134 cm³/mol. The van der Waals surface area contributed by atoms with Crippen LogP contribution in [0.5, 0.6) is 0 Å². The molecule has 0 unspecified atom stereocenters. The first-order valence-corrected chi connectivity index (χ1v) is 11.4. The number of morpholine rings is 1. The van der Waals surface area contributed by atoms with Gasteiger partial charge in [0.05, 0.1) is 31.0 Å². The zero-order chi connectivity index (χ0) is 22.6. The van der Waals surface area contributed by atoms with Crippen LogP contribution < -0.4 is 5.32 Å². The third-order valence-corrected chi connectivity index (χ3v) is 6.03. The van der Waals surface area contributed by atoms with Crippen molar-refractivity contribution in [2.75, 3.05) is 38.2 Å². The number of carbonyl (C=O) groups is 1. The average molecular weight is 458 g/mol. The van der Waals surface area contributed by atoms with Crippen LogP contribution >= 0.6 is 11.6 Å². The van der Waals surface area contributed by atoms with E-state index in [2.05, 4.69) is 28.4 Å². The topological polar surface area (TPSA) is 54.5 Å². The van der Waals surface area contributed by atoms with E-state index in [1.54, 1.807) is 0 Å². The maximum absolute atomic E-state index is 12.4. The first-order chi connectivity index (χ1) is 16.2. The molecule has 1 aliphatic heterocycles. The van der Waals surface area contributed by atoms with Crippen LogP contribution in [-0.2, 0) is 9.53 Å². The van der Waals surface area contributed by atoms with E-state index in [0.29, 0.717) is 24.8 Å². The van der Waals surface area contributed by atoms with E-state index < -0.39 is 0 Å². The van der Waals surface area contributed by atoms with E-state index in [1.807, 2.05) is 60.7 Å². The number of pyridine rings is 1. The molecule has 166 valence electrons. The minimum absolute atomic E-state index is 0.0169. The number of benzene rings is 3. The molecular formula is C27H24ClN3O2. The molecule has 1 amide bonds. The highest BCUT2D eigenvalue weighted by Crippen LogP contribution is 2.33. The van der Waals surface area contributed by atoms with Crippen molar-refractivity contribution in [2.45, 2.75) is 0 Å². The van der Waals surface area contributed by atoms with Gasteiger partial charge in [0.15, 0.2) is 0 Å². The van der Waals surface area contributed by atoms with E-state index in [0.717, 1.165) is 52.1 Å². The Morgan fingerprint density at radius 2 is 1.70 bits per heavy atom. The highest BCUT2D eigenvalue weighted by molar-refractivity contribution is 6.31. The second kappa shape index (κ2) is 9.71. The summed E-state index contributed by atoms with van der Waals surface area (Å²) >= 11 is 6.28. The number of rotatable bonds is 5. The van der Waals surface area contributed by atoms with Crippen LogP contribution in [0.25, 0.3) is 33.3 Å². The Morgan fingerprint density at radius 1 is 0.939 bits per heavy atom. The summed E-state index contributed by atoms with van der Waals surface area (Å²) in [4.78, 5) is 19.4. The molecule has 1 N–H and O–H groups in total. The van der Waals surface area contributed by atoms with Gasteiger partial charge in [0.25, 0.3) is 0 Å². The van der Waals surface area contributed by atoms with E-state index >= 15 is 0 Å². The molecule has 1 aliphatic rings. The number of ether oxygens (including phenoxy) is 1. The zero-order valence-corrected chi connectivity index (χ0v) is 18.9. The fraction of sp³-hybridized carbons (Fsp3) is 0.185. The number of anilines is 1. The molecule has 0 atom stereocenters. The lowest BCUT2D eigenvalue weighted by Gasteiger charge is -2.25. The van der Waals surface area contributed by atoms with Gasteiger partial charge in [-0.2, -0.15) is 0 Å². The van der Waals surface area contributed by atoms with Crippen LogP contribution in [0, 0.1) is 0 Å². The summed E-state index contributed by atoms with van der Waals surface area (Å²) in [6, 6.07) is 25.9. The summed E-state index contributed by atoms with van der Waals surface area (Å²) in [5, 5.41) is 4.69. The highest BCUT2D eigenvalue weighted by atomic mass is 35.5. The number of fused-ring (bicyclic) bond motifs is 1. The second-order valence-corrected chi connectivity index (χ2v) is 8.53. The molecule has 0 saturated carbocycles. The first kappa shape index (κ1) is 21.6. The van der Waals surface area contributed by atoms with E-state index in [9.17, 15) is 4.79 Å². The fourth-order valence-corrected chi connectivity index (χ4v) is 4.26. The normalized spacial score (nSPS) is 14.3. The SMILES string of the molecule is O=C(CN1CCOCC1)Nc1ccc(-c2cc(-c3ccccc3)c3cc(Cl)ccc3n2)cc1. The fourth-order valence-electron chi connectivity index (χ4n) is 4.09. The number of halogens is 1. The van der Waals surface area contributed by atoms with Gasteiger partial charge in [-0.15, -0.1) is 0 Å². The molecule has 0 aliphatic carbocycles. The Morgan fingerprint density at radius 3 is 2.45 bits per heavy atom. The zero-order valence-electron chi connectivity index (χ0n) is 18.1. The van der Waals surface area contributed by atoms with Gasteiger partial charge in [-0.05, 0) is 47.5 Å². The summed E-state index contributed by atoms with van der Waals surface area (Å²) in [5.74, 6) is -0.0169. The molecule has 1 aromatic heterocycles. The number of nitrogens with zero attached hydrogens (tertiary/aromatic N) is 2. The first-order valence-electron chi connectivity index (χ1n) is 11.0. The van der Waals surface area contributed by atoms with Crippen molar-refractivity contribution in [3.05, 3.63) is 83.9 Å². The van der Waals surface area contributed by atoms with Crippen LogP contribution in [0.4, 0.5) is 5.69 Å². The monoisotopic (exact) mass is 457 g/mol. The second-order valence-electron chi connectivity index (χ2n) is 8.10. The van der Waals surface area contributed by atoms with Crippen LogP contribution in [0.2, 0.25) is 5.02 Å². The van der Waals surface area contributed by atoms with Crippen LogP contribution in [0.3, 0.4) is 0 Å². The van der Waals surface area contributed by atoms with Crippen molar-refractivity contribution >= 4 is 34.1 Å². The summed E-state index contributed by atoms with van der Waals surface area (Å²) < 4.78 is 5.34. The molecular weight excluding hydrogens is 434 g/mol. The molecule has 3 aromatic carbocycles. The average Bonchev–Trinajstić information content (AvgIpc) is 2.85. The maximum atomic E-state index is 12.4. The van der Waals surface area contributed by atoms with Crippen molar-refractivity contribution in [1.82, 2.24) is 9.88 Å². The number of nitrogens with one attached hydrogen (secondary N) is 1. The molecule has 2 heterocycles. The van der Waals surface area contributed by atoms with Gasteiger partial charge >= 0.3 is 0 Å². The lowest BCUT2D eigenvalue weighted by Crippen LogP contribution is -2.41. The summed E-state index contributed by atoms with van der Waals surface area (Å²) in [5.41, 5.74) is 5.71. The van der Waals surface area contributed by atoms with Crippen molar-refractivity contribution in [2.24, 2.45) is 0 Å². The molecule has 33 heavy (non-hydrogen) atoms. The molecule has 1 fully saturated rings. The number of hydrogen-bond donors (Lipinski definition) is 1. The molecule has 5 nitrogen and oxygen atoms in total. The van der Waals surface area contributed by atoms with Gasteiger partial charge in [0.1, 0.15) is 0 Å². The Kier molecular flexibility index (Phi) is 6.35. The molecule has 0 radical (unpaired) electrons. The highest BCUT2D eigenvalue weighted by Gasteiger charge is 2.15. The smallest absolute Gasteiger partial charge is 0.238 e. The summed E-state index contributed by atoms with van der Waals surface area (Å²) in [6.07, 6.45) is 0. The van der Waals surface area contributed by atoms with Gasteiger partial charge in [-0.1, -0.05) is 54.1 Å². The van der Waals surface area contributed by atoms with Crippen molar-refractivity contribution in [3.63, 3.8) is 0 Å². The van der Waals surface area contributed by atoms with Crippen LogP contribution in [0.15, 0.2) is 78.9 Å². The van der Waals surface area contributed by atoms with Crippen molar-refractivity contribution in [1.29, 1.82) is 0 Å². The summed E-state index contributed by atoms with van der Waals surface area (Å²) in [6.45, 7) is 3.31. The number of amides is 1. The Labute approximate surface area is 198 Å². The Balaban J connectivity index is 1.41. The van der Waals surface area contributed by atoms with Gasteiger partial charge in [0.2, 0.25) is 5.91 Å². The minimum atomic E-state index is -0.0169. The van der Waals surface area contributed by atoms with Gasteiger partial charge in [-0.25, -0.2) is 4.98 Å². The lowest BCUT2D eigenvalue weighted by molar-refractivity contribution is -0.118. The third-order valence-electron chi connectivity index (χ3n) is 5.79. The largest absolute Gasteiger partial charge is 0.379 e. The Bertz CT molecular complexity index is 1270. The van der Waals surface area contributed by atoms with Gasteiger partial charge in [-0.3, -0.25) is 9.69 Å².